The minimum Gasteiger partial charge on any atom is -0.293 e. The third-order valence-electron chi connectivity index (χ3n) is 3.02. The van der Waals surface area contributed by atoms with Gasteiger partial charge in [0.15, 0.2) is 10.2 Å². The Labute approximate surface area is 145 Å². The van der Waals surface area contributed by atoms with Gasteiger partial charge in [-0.05, 0) is 12.1 Å². The van der Waals surface area contributed by atoms with Crippen molar-refractivity contribution in [1.82, 2.24) is 15.2 Å². The van der Waals surface area contributed by atoms with Crippen molar-refractivity contribution in [1.29, 1.82) is 0 Å². The second-order valence-corrected chi connectivity index (χ2v) is 7.49. The average molecular weight is 371 g/mol. The van der Waals surface area contributed by atoms with Crippen LogP contribution in [-0.2, 0) is 7.05 Å². The summed E-state index contributed by atoms with van der Waals surface area (Å²) >= 11 is 8.86. The van der Waals surface area contributed by atoms with E-state index in [4.69, 9.17) is 11.6 Å². The van der Waals surface area contributed by atoms with Gasteiger partial charge in [0.1, 0.15) is 16.9 Å². The largest absolute Gasteiger partial charge is 0.293 e. The maximum absolute atomic E-state index is 13.1. The lowest BCUT2D eigenvalue weighted by molar-refractivity contribution is 0.102. The van der Waals surface area contributed by atoms with Gasteiger partial charge in [0, 0.05) is 18.8 Å². The van der Waals surface area contributed by atoms with Gasteiger partial charge in [-0.15, -0.1) is 0 Å². The zero-order chi connectivity index (χ0) is 16.4. The maximum Gasteiger partial charge on any atom is 0.173 e. The van der Waals surface area contributed by atoms with Gasteiger partial charge >= 0.3 is 0 Å². The highest BCUT2D eigenvalue weighted by atomic mass is 35.5. The quantitative estimate of drug-likeness (QED) is 0.835. The molecular formula is C14H12ClFN4OS2. The second-order valence-electron chi connectivity index (χ2n) is 4.76. The van der Waals surface area contributed by atoms with Crippen molar-refractivity contribution in [2.45, 2.75) is 5.37 Å². The van der Waals surface area contributed by atoms with Crippen LogP contribution in [-0.4, -0.2) is 25.7 Å². The van der Waals surface area contributed by atoms with E-state index in [0.717, 1.165) is 4.38 Å². The molecule has 1 aliphatic heterocycles. The standard InChI is InChI=1S/C14H12ClFN4OS2/c1-20-6-10(15)12(19-20)13-17-18-14(23-13)22-7-11(21)8-3-2-4-9(16)5-8/h2-6,13,17H,7H2,1H3. The highest BCUT2D eigenvalue weighted by molar-refractivity contribution is 8.39. The number of Topliss-reactive ketones (excluding diaryl/α,β-unsaturated/α-hetero) is 1. The molecule has 1 aromatic carbocycles. The molecule has 0 saturated heterocycles. The van der Waals surface area contributed by atoms with Gasteiger partial charge in [0.2, 0.25) is 0 Å². The number of hydrazone groups is 1. The predicted molar refractivity (Wildman–Crippen MR) is 92.3 cm³/mol. The van der Waals surface area contributed by atoms with E-state index in [2.05, 4.69) is 15.6 Å². The molecule has 3 rings (SSSR count). The molecule has 1 aromatic heterocycles. The number of aromatic nitrogens is 2. The fourth-order valence-corrected chi connectivity index (χ4v) is 4.30. The molecule has 0 bridgehead atoms. The number of nitrogens with zero attached hydrogens (tertiary/aromatic N) is 3. The van der Waals surface area contributed by atoms with Crippen molar-refractivity contribution >= 4 is 45.3 Å². The smallest absolute Gasteiger partial charge is 0.173 e. The summed E-state index contributed by atoms with van der Waals surface area (Å²) in [7, 11) is 1.79. The van der Waals surface area contributed by atoms with E-state index in [9.17, 15) is 9.18 Å². The van der Waals surface area contributed by atoms with E-state index in [1.54, 1.807) is 24.0 Å². The number of benzene rings is 1. The van der Waals surface area contributed by atoms with Crippen LogP contribution in [0.15, 0.2) is 35.6 Å². The van der Waals surface area contributed by atoms with Crippen molar-refractivity contribution in [3.8, 4) is 0 Å². The summed E-state index contributed by atoms with van der Waals surface area (Å²) < 4.78 is 15.5. The molecule has 5 nitrogen and oxygen atoms in total. The number of hydrogen-bond donors (Lipinski definition) is 1. The van der Waals surface area contributed by atoms with E-state index in [-0.39, 0.29) is 16.9 Å². The van der Waals surface area contributed by atoms with Crippen LogP contribution in [0.1, 0.15) is 21.4 Å². The Bertz CT molecular complexity index is 780. The van der Waals surface area contributed by atoms with Crippen LogP contribution in [0.5, 0.6) is 0 Å². The molecule has 1 atom stereocenters. The molecule has 23 heavy (non-hydrogen) atoms. The summed E-state index contributed by atoms with van der Waals surface area (Å²) in [5.41, 5.74) is 4.01. The van der Waals surface area contributed by atoms with E-state index in [1.807, 2.05) is 0 Å². The summed E-state index contributed by atoms with van der Waals surface area (Å²) in [4.78, 5) is 12.1. The Morgan fingerprint density at radius 3 is 3.09 bits per heavy atom. The van der Waals surface area contributed by atoms with Gasteiger partial charge in [-0.3, -0.25) is 14.9 Å². The molecule has 0 spiro atoms. The topological polar surface area (TPSA) is 59.3 Å². The Morgan fingerprint density at radius 2 is 2.39 bits per heavy atom. The number of ketones is 1. The second kappa shape index (κ2) is 6.94. The van der Waals surface area contributed by atoms with Gasteiger partial charge in [0.25, 0.3) is 0 Å². The molecule has 2 aromatic rings. The van der Waals surface area contributed by atoms with E-state index in [1.165, 1.54) is 41.7 Å². The SMILES string of the molecule is Cn1cc(Cl)c(C2NN=C(SCC(=O)c3cccc(F)c3)S2)n1. The lowest BCUT2D eigenvalue weighted by Crippen LogP contribution is -2.08. The molecule has 120 valence electrons. The summed E-state index contributed by atoms with van der Waals surface area (Å²) in [5.74, 6) is -0.364. The first-order valence-corrected chi connectivity index (χ1v) is 8.88. The highest BCUT2D eigenvalue weighted by Gasteiger charge is 2.26. The Hall–Kier alpha value is -1.51. The highest BCUT2D eigenvalue weighted by Crippen LogP contribution is 2.37. The fraction of sp³-hybridized carbons (Fsp3) is 0.214. The molecule has 2 heterocycles. The number of thioether (sulfide) groups is 2. The van der Waals surface area contributed by atoms with E-state index in [0.29, 0.717) is 16.3 Å². The van der Waals surface area contributed by atoms with Crippen molar-refractivity contribution in [3.63, 3.8) is 0 Å². The summed E-state index contributed by atoms with van der Waals surface area (Å²) in [6.45, 7) is 0. The number of aryl methyl sites for hydroxylation is 1. The first-order valence-electron chi connectivity index (χ1n) is 6.63. The Morgan fingerprint density at radius 1 is 1.57 bits per heavy atom. The van der Waals surface area contributed by atoms with Gasteiger partial charge < -0.3 is 0 Å². The molecule has 0 aliphatic carbocycles. The summed E-state index contributed by atoms with van der Waals surface area (Å²) in [5, 5.41) is 8.87. The van der Waals surface area contributed by atoms with Crippen LogP contribution in [0.3, 0.4) is 0 Å². The van der Waals surface area contributed by atoms with E-state index < -0.39 is 5.82 Å². The lowest BCUT2D eigenvalue weighted by atomic mass is 10.1. The van der Waals surface area contributed by atoms with Crippen molar-refractivity contribution < 1.29 is 9.18 Å². The number of carbonyl (C=O) groups is 1. The third kappa shape index (κ3) is 3.88. The number of rotatable bonds is 4. The van der Waals surface area contributed by atoms with Gasteiger partial charge in [-0.25, -0.2) is 4.39 Å². The van der Waals surface area contributed by atoms with Crippen molar-refractivity contribution in [3.05, 3.63) is 52.6 Å². The number of hydrogen-bond acceptors (Lipinski definition) is 6. The molecule has 0 radical (unpaired) electrons. The van der Waals surface area contributed by atoms with Crippen LogP contribution in [0.4, 0.5) is 4.39 Å². The zero-order valence-corrected chi connectivity index (χ0v) is 14.4. The molecule has 9 heteroatoms. The zero-order valence-electron chi connectivity index (χ0n) is 12.0. The van der Waals surface area contributed by atoms with Crippen LogP contribution in [0.25, 0.3) is 0 Å². The Balaban J connectivity index is 1.56. The first-order chi connectivity index (χ1) is 11.0. The molecule has 0 saturated carbocycles. The van der Waals surface area contributed by atoms with Crippen LogP contribution < -0.4 is 5.43 Å². The maximum atomic E-state index is 13.1. The van der Waals surface area contributed by atoms with Crippen LogP contribution in [0.2, 0.25) is 5.02 Å². The number of nitrogens with one attached hydrogen (secondary N) is 1. The van der Waals surface area contributed by atoms with Crippen molar-refractivity contribution in [2.75, 3.05) is 5.75 Å². The van der Waals surface area contributed by atoms with Crippen molar-refractivity contribution in [2.24, 2.45) is 12.1 Å². The van der Waals surface area contributed by atoms with Gasteiger partial charge in [0.05, 0.1) is 10.8 Å². The molecular weight excluding hydrogens is 359 g/mol. The fourth-order valence-electron chi connectivity index (χ4n) is 1.98. The molecule has 0 amide bonds. The monoisotopic (exact) mass is 370 g/mol. The molecule has 0 fully saturated rings. The molecule has 1 aliphatic rings. The molecule has 1 N–H and O–H groups in total. The van der Waals surface area contributed by atoms with Crippen LogP contribution in [0, 0.1) is 5.82 Å². The minimum atomic E-state index is -0.417. The number of halogens is 2. The third-order valence-corrected chi connectivity index (χ3v) is 5.56. The normalized spacial score (nSPS) is 17.0. The Kier molecular flexibility index (Phi) is 4.93. The van der Waals surface area contributed by atoms with Gasteiger partial charge in [-0.1, -0.05) is 47.3 Å². The first kappa shape index (κ1) is 16.4. The predicted octanol–water partition coefficient (Wildman–Crippen LogP) is 3.43. The van der Waals surface area contributed by atoms with Gasteiger partial charge in [-0.2, -0.15) is 10.2 Å². The average Bonchev–Trinajstić information content (AvgIpc) is 3.11. The number of carbonyl (C=O) groups excluding carboxylic acids is 1. The van der Waals surface area contributed by atoms with Crippen LogP contribution >= 0.6 is 35.1 Å². The summed E-state index contributed by atoms with van der Waals surface area (Å²) in [6.07, 6.45) is 1.72. The lowest BCUT2D eigenvalue weighted by Gasteiger charge is -2.05. The van der Waals surface area contributed by atoms with E-state index >= 15 is 0 Å². The minimum absolute atomic E-state index is 0.142. The summed E-state index contributed by atoms with van der Waals surface area (Å²) in [6, 6.07) is 5.67. The molecule has 1 unspecified atom stereocenters.